The second-order valence-corrected chi connectivity index (χ2v) is 8.27. The summed E-state index contributed by atoms with van der Waals surface area (Å²) in [6.45, 7) is 4.47. The van der Waals surface area contributed by atoms with E-state index < -0.39 is 16.1 Å². The fourth-order valence-corrected chi connectivity index (χ4v) is 5.11. The maximum absolute atomic E-state index is 12.9. The minimum atomic E-state index is -3.71. The molecule has 0 aromatic carbocycles. The molecule has 25 heavy (non-hydrogen) atoms. The van der Waals surface area contributed by atoms with Crippen LogP contribution >= 0.6 is 0 Å². The monoisotopic (exact) mass is 370 g/mol. The predicted molar refractivity (Wildman–Crippen MR) is 87.1 cm³/mol. The van der Waals surface area contributed by atoms with Crippen LogP contribution in [0.15, 0.2) is 9.42 Å². The molecule has 2 saturated heterocycles. The smallest absolute Gasteiger partial charge is 0.248 e. The van der Waals surface area contributed by atoms with E-state index in [4.69, 9.17) is 4.52 Å². The van der Waals surface area contributed by atoms with Gasteiger partial charge in [0.1, 0.15) is 16.6 Å². The van der Waals surface area contributed by atoms with Crippen LogP contribution in [0.25, 0.3) is 0 Å². The first kappa shape index (κ1) is 17.9. The van der Waals surface area contributed by atoms with Gasteiger partial charge < -0.3 is 14.7 Å². The van der Waals surface area contributed by atoms with Gasteiger partial charge in [0, 0.05) is 32.6 Å². The van der Waals surface area contributed by atoms with Gasteiger partial charge in [-0.15, -0.1) is 0 Å². The first-order valence-electron chi connectivity index (χ1n) is 8.32. The highest BCUT2D eigenvalue weighted by atomic mass is 32.2. The fourth-order valence-electron chi connectivity index (χ4n) is 3.35. The molecule has 2 aliphatic rings. The Bertz CT molecular complexity index is 768. The number of hydrogen-bond donors (Lipinski definition) is 1. The largest absolute Gasteiger partial charge is 0.360 e. The van der Waals surface area contributed by atoms with Crippen molar-refractivity contribution in [2.24, 2.45) is 0 Å². The van der Waals surface area contributed by atoms with Crippen LogP contribution in [0, 0.1) is 13.8 Å². The van der Waals surface area contributed by atoms with Crippen LogP contribution in [0.1, 0.15) is 30.7 Å². The van der Waals surface area contributed by atoms with E-state index in [-0.39, 0.29) is 29.0 Å². The topological polar surface area (TPSA) is 113 Å². The number of nitrogens with one attached hydrogen (secondary N) is 1. The average Bonchev–Trinajstić information content (AvgIpc) is 3.03. The van der Waals surface area contributed by atoms with Crippen molar-refractivity contribution in [2.75, 3.05) is 26.2 Å². The van der Waals surface area contributed by atoms with Crippen LogP contribution in [0.2, 0.25) is 0 Å². The zero-order valence-corrected chi connectivity index (χ0v) is 15.1. The number of amides is 2. The van der Waals surface area contributed by atoms with Gasteiger partial charge in [-0.3, -0.25) is 9.59 Å². The number of rotatable bonds is 3. The summed E-state index contributed by atoms with van der Waals surface area (Å²) in [6.07, 6.45) is 1.39. The summed E-state index contributed by atoms with van der Waals surface area (Å²) in [6, 6.07) is -0.488. The summed E-state index contributed by atoms with van der Waals surface area (Å²) in [7, 11) is -3.71. The van der Waals surface area contributed by atoms with Gasteiger partial charge in [0.2, 0.25) is 21.8 Å². The lowest BCUT2D eigenvalue weighted by atomic mass is 10.2. The molecule has 1 aromatic heterocycles. The number of aromatic nitrogens is 1. The van der Waals surface area contributed by atoms with Crippen molar-refractivity contribution in [3.8, 4) is 0 Å². The molecule has 0 aliphatic carbocycles. The molecule has 0 radical (unpaired) electrons. The summed E-state index contributed by atoms with van der Waals surface area (Å²) in [4.78, 5) is 25.6. The normalized spacial score (nSPS) is 22.7. The van der Waals surface area contributed by atoms with Gasteiger partial charge in [-0.2, -0.15) is 4.31 Å². The minimum absolute atomic E-state index is 0.107. The maximum atomic E-state index is 12.9. The molecule has 138 valence electrons. The molecule has 2 aliphatic heterocycles. The Morgan fingerprint density at radius 1 is 1.24 bits per heavy atom. The second kappa shape index (κ2) is 6.75. The quantitative estimate of drug-likeness (QED) is 0.788. The third-order valence-electron chi connectivity index (χ3n) is 4.63. The van der Waals surface area contributed by atoms with Crippen molar-refractivity contribution in [1.29, 1.82) is 0 Å². The summed E-state index contributed by atoms with van der Waals surface area (Å²) < 4.78 is 32.1. The van der Waals surface area contributed by atoms with Crippen molar-refractivity contribution in [2.45, 2.75) is 44.0 Å². The fraction of sp³-hybridized carbons (Fsp3) is 0.667. The standard InChI is InChI=1S/C15H22N4O5S/c1-10-14(11(2)24-17-10)25(22,23)19-7-3-6-18(8-9-19)15(21)12-4-5-13(20)16-12/h12H,3-9H2,1-2H3,(H,16,20). The van der Waals surface area contributed by atoms with Gasteiger partial charge in [0.05, 0.1) is 0 Å². The van der Waals surface area contributed by atoms with Crippen LogP contribution in [0.5, 0.6) is 0 Å². The molecule has 1 N–H and O–H groups in total. The van der Waals surface area contributed by atoms with E-state index in [0.29, 0.717) is 44.6 Å². The first-order chi connectivity index (χ1) is 11.8. The van der Waals surface area contributed by atoms with Crippen LogP contribution in [0.4, 0.5) is 0 Å². The van der Waals surface area contributed by atoms with E-state index in [0.717, 1.165) is 0 Å². The van der Waals surface area contributed by atoms with E-state index in [9.17, 15) is 18.0 Å². The Morgan fingerprint density at radius 3 is 2.60 bits per heavy atom. The van der Waals surface area contributed by atoms with Gasteiger partial charge in [-0.05, 0) is 26.7 Å². The molecule has 0 spiro atoms. The van der Waals surface area contributed by atoms with E-state index in [1.54, 1.807) is 18.7 Å². The molecule has 0 saturated carbocycles. The number of sulfonamides is 1. The molecule has 9 nitrogen and oxygen atoms in total. The highest BCUT2D eigenvalue weighted by molar-refractivity contribution is 7.89. The van der Waals surface area contributed by atoms with E-state index >= 15 is 0 Å². The average molecular weight is 370 g/mol. The molecule has 2 amide bonds. The van der Waals surface area contributed by atoms with Crippen molar-refractivity contribution in [3.63, 3.8) is 0 Å². The SMILES string of the molecule is Cc1noc(C)c1S(=O)(=O)N1CCCN(C(=O)C2CCC(=O)N2)CC1. The highest BCUT2D eigenvalue weighted by Gasteiger charge is 2.35. The molecule has 3 rings (SSSR count). The third-order valence-corrected chi connectivity index (χ3v) is 6.77. The van der Waals surface area contributed by atoms with Crippen LogP contribution < -0.4 is 5.32 Å². The number of hydrogen-bond acceptors (Lipinski definition) is 6. The van der Waals surface area contributed by atoms with Crippen molar-refractivity contribution >= 4 is 21.8 Å². The van der Waals surface area contributed by atoms with Crippen LogP contribution in [-0.2, 0) is 19.6 Å². The van der Waals surface area contributed by atoms with Crippen molar-refractivity contribution in [1.82, 2.24) is 19.7 Å². The maximum Gasteiger partial charge on any atom is 0.248 e. The molecular formula is C15H22N4O5S. The number of aryl methyl sites for hydroxylation is 2. The summed E-state index contributed by atoms with van der Waals surface area (Å²) in [5.41, 5.74) is 0.336. The number of carbonyl (C=O) groups is 2. The van der Waals surface area contributed by atoms with Crippen molar-refractivity contribution < 1.29 is 22.5 Å². The van der Waals surface area contributed by atoms with Gasteiger partial charge in [-0.1, -0.05) is 5.16 Å². The van der Waals surface area contributed by atoms with Crippen molar-refractivity contribution in [3.05, 3.63) is 11.5 Å². The summed E-state index contributed by atoms with van der Waals surface area (Å²) >= 11 is 0. The molecule has 1 atom stereocenters. The Morgan fingerprint density at radius 2 is 2.00 bits per heavy atom. The molecule has 10 heteroatoms. The Kier molecular flexibility index (Phi) is 4.83. The minimum Gasteiger partial charge on any atom is -0.360 e. The molecule has 0 bridgehead atoms. The lowest BCUT2D eigenvalue weighted by molar-refractivity contribution is -0.134. The molecule has 3 heterocycles. The van der Waals surface area contributed by atoms with Gasteiger partial charge >= 0.3 is 0 Å². The van der Waals surface area contributed by atoms with Crippen LogP contribution in [-0.4, -0.2) is 66.8 Å². The zero-order valence-electron chi connectivity index (χ0n) is 14.3. The summed E-state index contributed by atoms with van der Waals surface area (Å²) in [5, 5.41) is 6.39. The first-order valence-corrected chi connectivity index (χ1v) is 9.76. The van der Waals surface area contributed by atoms with Crippen LogP contribution in [0.3, 0.4) is 0 Å². The number of carbonyl (C=O) groups excluding carboxylic acids is 2. The van der Waals surface area contributed by atoms with E-state index in [1.807, 2.05) is 0 Å². The molecule has 1 unspecified atom stereocenters. The lowest BCUT2D eigenvalue weighted by Crippen LogP contribution is -2.46. The van der Waals surface area contributed by atoms with Gasteiger partial charge in [-0.25, -0.2) is 8.42 Å². The molecule has 1 aromatic rings. The second-order valence-electron chi connectivity index (χ2n) is 6.39. The lowest BCUT2D eigenvalue weighted by Gasteiger charge is -2.24. The van der Waals surface area contributed by atoms with Gasteiger partial charge in [0.25, 0.3) is 0 Å². The Balaban J connectivity index is 1.71. The van der Waals surface area contributed by atoms with Gasteiger partial charge in [0.15, 0.2) is 5.76 Å². The molecule has 2 fully saturated rings. The van der Waals surface area contributed by atoms with E-state index in [1.165, 1.54) is 4.31 Å². The Hall–Kier alpha value is -1.94. The third kappa shape index (κ3) is 3.40. The number of nitrogens with zero attached hydrogens (tertiary/aromatic N) is 3. The Labute approximate surface area is 146 Å². The predicted octanol–water partition coefficient (Wildman–Crippen LogP) is -0.207. The summed E-state index contributed by atoms with van der Waals surface area (Å²) in [5.74, 6) is 0.0153. The molecular weight excluding hydrogens is 348 g/mol. The zero-order chi connectivity index (χ0) is 18.2. The van der Waals surface area contributed by atoms with E-state index in [2.05, 4.69) is 10.5 Å². The highest BCUT2D eigenvalue weighted by Crippen LogP contribution is 2.24.